The van der Waals surface area contributed by atoms with Crippen LogP contribution < -0.4 is 5.32 Å². The minimum atomic E-state index is 0.0802. The van der Waals surface area contributed by atoms with Gasteiger partial charge in [-0.2, -0.15) is 0 Å². The Labute approximate surface area is 108 Å². The Balaban J connectivity index is 1.95. The molecule has 0 amide bonds. The van der Waals surface area contributed by atoms with Crippen LogP contribution in [0.1, 0.15) is 38.6 Å². The van der Waals surface area contributed by atoms with Gasteiger partial charge in [-0.25, -0.2) is 4.98 Å². The lowest BCUT2D eigenvalue weighted by atomic mass is 10.1. The summed E-state index contributed by atoms with van der Waals surface area (Å²) in [6.07, 6.45) is 4.38. The van der Waals surface area contributed by atoms with Gasteiger partial charge in [-0.3, -0.25) is 4.90 Å². The molecule has 4 heteroatoms. The number of rotatable bonds is 5. The van der Waals surface area contributed by atoms with E-state index in [2.05, 4.69) is 41.4 Å². The smallest absolute Gasteiger partial charge is 0.112 e. The zero-order chi connectivity index (χ0) is 12.3. The molecule has 0 aromatic carbocycles. The second-order valence-electron chi connectivity index (χ2n) is 5.28. The zero-order valence-electron chi connectivity index (χ0n) is 11.1. The summed E-state index contributed by atoms with van der Waals surface area (Å²) in [5.74, 6) is 0. The van der Waals surface area contributed by atoms with Crippen LogP contribution in [0.2, 0.25) is 0 Å². The SMILES string of the molecule is CCCNC1CCN(C(C)(C)c2nccs2)C1. The summed E-state index contributed by atoms with van der Waals surface area (Å²) in [5.41, 5.74) is 0.0802. The number of thiazole rings is 1. The zero-order valence-corrected chi connectivity index (χ0v) is 11.9. The molecule has 0 saturated carbocycles. The third kappa shape index (κ3) is 2.87. The average Bonchev–Trinajstić information content (AvgIpc) is 2.97. The van der Waals surface area contributed by atoms with Crippen LogP contribution in [0.4, 0.5) is 0 Å². The summed E-state index contributed by atoms with van der Waals surface area (Å²) < 4.78 is 0. The van der Waals surface area contributed by atoms with Gasteiger partial charge in [0.05, 0.1) is 5.54 Å². The molecular formula is C13H23N3S. The van der Waals surface area contributed by atoms with Gasteiger partial charge < -0.3 is 5.32 Å². The fourth-order valence-electron chi connectivity index (χ4n) is 2.44. The van der Waals surface area contributed by atoms with Crippen molar-refractivity contribution in [1.82, 2.24) is 15.2 Å². The number of nitrogens with one attached hydrogen (secondary N) is 1. The van der Waals surface area contributed by atoms with Crippen LogP contribution in [0.5, 0.6) is 0 Å². The van der Waals surface area contributed by atoms with E-state index in [4.69, 9.17) is 0 Å². The highest BCUT2D eigenvalue weighted by atomic mass is 32.1. The highest BCUT2D eigenvalue weighted by molar-refractivity contribution is 7.09. The van der Waals surface area contributed by atoms with Crippen molar-refractivity contribution in [2.45, 2.75) is 45.2 Å². The molecule has 17 heavy (non-hydrogen) atoms. The fourth-order valence-corrected chi connectivity index (χ4v) is 3.23. The summed E-state index contributed by atoms with van der Waals surface area (Å²) >= 11 is 1.76. The molecule has 1 aliphatic heterocycles. The molecule has 0 bridgehead atoms. The van der Waals surface area contributed by atoms with Gasteiger partial charge in [0.25, 0.3) is 0 Å². The first-order valence-corrected chi connectivity index (χ1v) is 7.41. The first kappa shape index (κ1) is 13.0. The van der Waals surface area contributed by atoms with Crippen molar-refractivity contribution in [3.05, 3.63) is 16.6 Å². The maximum atomic E-state index is 4.48. The van der Waals surface area contributed by atoms with Crippen molar-refractivity contribution >= 4 is 11.3 Å². The molecule has 1 N–H and O–H groups in total. The van der Waals surface area contributed by atoms with Gasteiger partial charge >= 0.3 is 0 Å². The summed E-state index contributed by atoms with van der Waals surface area (Å²) in [4.78, 5) is 7.03. The molecule has 96 valence electrons. The second-order valence-corrected chi connectivity index (χ2v) is 6.18. The molecule has 1 aromatic heterocycles. The molecule has 1 aromatic rings. The van der Waals surface area contributed by atoms with Gasteiger partial charge in [0.2, 0.25) is 0 Å². The maximum absolute atomic E-state index is 4.48. The number of hydrogen-bond donors (Lipinski definition) is 1. The topological polar surface area (TPSA) is 28.2 Å². The largest absolute Gasteiger partial charge is 0.313 e. The molecule has 1 saturated heterocycles. The van der Waals surface area contributed by atoms with Gasteiger partial charge in [0, 0.05) is 30.7 Å². The van der Waals surface area contributed by atoms with Crippen molar-refractivity contribution in [2.75, 3.05) is 19.6 Å². The van der Waals surface area contributed by atoms with Gasteiger partial charge in [-0.1, -0.05) is 6.92 Å². The Bertz CT molecular complexity index is 334. The fraction of sp³-hybridized carbons (Fsp3) is 0.769. The first-order chi connectivity index (χ1) is 8.14. The Morgan fingerprint density at radius 1 is 1.59 bits per heavy atom. The van der Waals surface area contributed by atoms with Gasteiger partial charge in [-0.05, 0) is 33.2 Å². The van der Waals surface area contributed by atoms with E-state index in [1.807, 2.05) is 6.20 Å². The lowest BCUT2D eigenvalue weighted by molar-refractivity contribution is 0.151. The summed E-state index contributed by atoms with van der Waals surface area (Å²) in [6, 6.07) is 0.661. The first-order valence-electron chi connectivity index (χ1n) is 6.53. The quantitative estimate of drug-likeness (QED) is 0.873. The number of likely N-dealkylation sites (tertiary alicyclic amines) is 1. The predicted octanol–water partition coefficient (Wildman–Crippen LogP) is 2.45. The van der Waals surface area contributed by atoms with Crippen molar-refractivity contribution in [1.29, 1.82) is 0 Å². The van der Waals surface area contributed by atoms with Gasteiger partial charge in [0.1, 0.15) is 5.01 Å². The normalized spacial score (nSPS) is 22.2. The molecule has 0 spiro atoms. The average molecular weight is 253 g/mol. The monoisotopic (exact) mass is 253 g/mol. The Morgan fingerprint density at radius 2 is 2.41 bits per heavy atom. The van der Waals surface area contributed by atoms with Crippen LogP contribution in [0.25, 0.3) is 0 Å². The molecule has 0 aliphatic carbocycles. The Hall–Kier alpha value is -0.450. The third-order valence-corrected chi connectivity index (χ3v) is 4.70. The number of nitrogens with zero attached hydrogens (tertiary/aromatic N) is 2. The molecule has 1 unspecified atom stereocenters. The standard InChI is InChI=1S/C13H23N3S/c1-4-6-14-11-5-8-16(10-11)13(2,3)12-15-7-9-17-12/h7,9,11,14H,4-6,8,10H2,1-3H3. The molecule has 2 heterocycles. The highest BCUT2D eigenvalue weighted by Gasteiger charge is 2.36. The highest BCUT2D eigenvalue weighted by Crippen LogP contribution is 2.32. The van der Waals surface area contributed by atoms with Gasteiger partial charge in [0.15, 0.2) is 0 Å². The summed E-state index contributed by atoms with van der Waals surface area (Å²) in [6.45, 7) is 10.2. The lowest BCUT2D eigenvalue weighted by Crippen LogP contribution is -2.42. The van der Waals surface area contributed by atoms with E-state index in [0.29, 0.717) is 6.04 Å². The van der Waals surface area contributed by atoms with Gasteiger partial charge in [-0.15, -0.1) is 11.3 Å². The van der Waals surface area contributed by atoms with Crippen LogP contribution in [0.15, 0.2) is 11.6 Å². The Morgan fingerprint density at radius 3 is 3.06 bits per heavy atom. The van der Waals surface area contributed by atoms with Crippen LogP contribution in [0.3, 0.4) is 0 Å². The van der Waals surface area contributed by atoms with Crippen molar-refractivity contribution in [3.63, 3.8) is 0 Å². The maximum Gasteiger partial charge on any atom is 0.112 e. The van der Waals surface area contributed by atoms with Crippen molar-refractivity contribution in [2.24, 2.45) is 0 Å². The molecule has 1 aliphatic rings. The Kier molecular flexibility index (Phi) is 4.17. The van der Waals surface area contributed by atoms with Crippen molar-refractivity contribution < 1.29 is 0 Å². The minimum Gasteiger partial charge on any atom is -0.313 e. The van der Waals surface area contributed by atoms with Crippen molar-refractivity contribution in [3.8, 4) is 0 Å². The molecule has 0 radical (unpaired) electrons. The number of aromatic nitrogens is 1. The predicted molar refractivity (Wildman–Crippen MR) is 73.4 cm³/mol. The minimum absolute atomic E-state index is 0.0802. The van der Waals surface area contributed by atoms with Crippen LogP contribution in [-0.4, -0.2) is 35.6 Å². The molecular weight excluding hydrogens is 230 g/mol. The number of hydrogen-bond acceptors (Lipinski definition) is 4. The van der Waals surface area contributed by atoms with E-state index in [9.17, 15) is 0 Å². The van der Waals surface area contributed by atoms with Crippen LogP contribution in [-0.2, 0) is 5.54 Å². The van der Waals surface area contributed by atoms with Crippen LogP contribution >= 0.6 is 11.3 Å². The molecule has 2 rings (SSSR count). The van der Waals surface area contributed by atoms with E-state index >= 15 is 0 Å². The van der Waals surface area contributed by atoms with E-state index in [1.165, 1.54) is 24.4 Å². The second kappa shape index (κ2) is 5.46. The van der Waals surface area contributed by atoms with Crippen LogP contribution in [0, 0.1) is 0 Å². The molecule has 1 atom stereocenters. The molecule has 3 nitrogen and oxygen atoms in total. The third-order valence-electron chi connectivity index (χ3n) is 3.62. The van der Waals surface area contributed by atoms with E-state index in [0.717, 1.165) is 13.1 Å². The molecule has 1 fully saturated rings. The lowest BCUT2D eigenvalue weighted by Gasteiger charge is -2.33. The van der Waals surface area contributed by atoms with E-state index in [1.54, 1.807) is 11.3 Å². The van der Waals surface area contributed by atoms with E-state index in [-0.39, 0.29) is 5.54 Å². The van der Waals surface area contributed by atoms with E-state index < -0.39 is 0 Å². The summed E-state index contributed by atoms with van der Waals surface area (Å²) in [7, 11) is 0. The summed E-state index contributed by atoms with van der Waals surface area (Å²) in [5, 5.41) is 6.92.